The van der Waals surface area contributed by atoms with Crippen LogP contribution in [0.5, 0.6) is 0 Å². The molecule has 6 nitrogen and oxygen atoms in total. The molecule has 0 N–H and O–H groups in total. The third-order valence-electron chi connectivity index (χ3n) is 4.60. The highest BCUT2D eigenvalue weighted by molar-refractivity contribution is 5.94. The van der Waals surface area contributed by atoms with Crippen LogP contribution in [0.25, 0.3) is 0 Å². The zero-order chi connectivity index (χ0) is 18.9. The fourth-order valence-electron chi connectivity index (χ4n) is 3.35. The van der Waals surface area contributed by atoms with Gasteiger partial charge in [-0.25, -0.2) is 8.78 Å². The number of halogens is 2. The van der Waals surface area contributed by atoms with Gasteiger partial charge < -0.3 is 9.47 Å². The molecule has 27 heavy (non-hydrogen) atoms. The lowest BCUT2D eigenvalue weighted by Gasteiger charge is -2.23. The van der Waals surface area contributed by atoms with Crippen LogP contribution in [0.1, 0.15) is 34.2 Å². The molecule has 1 aromatic carbocycles. The van der Waals surface area contributed by atoms with Gasteiger partial charge in [-0.2, -0.15) is 0 Å². The van der Waals surface area contributed by atoms with Crippen LogP contribution in [0.15, 0.2) is 61.2 Å². The Hall–Kier alpha value is -3.16. The fraction of sp³-hybridized carbons (Fsp3) is 0.263. The van der Waals surface area contributed by atoms with Gasteiger partial charge in [0.05, 0.1) is 19.1 Å². The van der Waals surface area contributed by atoms with Crippen molar-refractivity contribution >= 4 is 5.91 Å². The van der Waals surface area contributed by atoms with E-state index >= 15 is 0 Å². The van der Waals surface area contributed by atoms with Gasteiger partial charge in [0.25, 0.3) is 11.8 Å². The summed E-state index contributed by atoms with van der Waals surface area (Å²) in [6.07, 6.45) is 3.97. The molecule has 1 atom stereocenters. The van der Waals surface area contributed by atoms with E-state index < -0.39 is 30.8 Å². The summed E-state index contributed by atoms with van der Waals surface area (Å²) < 4.78 is 30.1. The molecule has 4 rings (SSSR count). The molecule has 3 aromatic rings. The first-order valence-corrected chi connectivity index (χ1v) is 8.54. The van der Waals surface area contributed by atoms with Crippen LogP contribution < -0.4 is 0 Å². The van der Waals surface area contributed by atoms with Gasteiger partial charge in [0.15, 0.2) is 5.82 Å². The number of carbonyl (C=O) groups excluding carboxylic acids is 1. The Morgan fingerprint density at radius 3 is 2.63 bits per heavy atom. The second kappa shape index (κ2) is 6.86. The van der Waals surface area contributed by atoms with E-state index in [0.717, 1.165) is 5.56 Å². The summed E-state index contributed by atoms with van der Waals surface area (Å²) in [6, 6.07) is 11.8. The number of likely N-dealkylation sites (tertiary alicyclic amines) is 1. The molecule has 138 valence electrons. The lowest BCUT2D eigenvalue weighted by molar-refractivity contribution is 0.0117. The van der Waals surface area contributed by atoms with Gasteiger partial charge in [-0.05, 0) is 17.7 Å². The van der Waals surface area contributed by atoms with Crippen LogP contribution in [0.4, 0.5) is 8.78 Å². The molecule has 1 unspecified atom stereocenters. The lowest BCUT2D eigenvalue weighted by Crippen LogP contribution is -2.34. The molecule has 1 saturated heterocycles. The second-order valence-electron chi connectivity index (χ2n) is 6.55. The third-order valence-corrected chi connectivity index (χ3v) is 4.60. The van der Waals surface area contributed by atoms with Crippen LogP contribution >= 0.6 is 0 Å². The van der Waals surface area contributed by atoms with Gasteiger partial charge in [0.1, 0.15) is 6.33 Å². The largest absolute Gasteiger partial charge is 0.322 e. The van der Waals surface area contributed by atoms with Gasteiger partial charge in [-0.1, -0.05) is 30.3 Å². The van der Waals surface area contributed by atoms with Crippen molar-refractivity contribution < 1.29 is 13.6 Å². The van der Waals surface area contributed by atoms with Crippen molar-refractivity contribution in [3.8, 4) is 0 Å². The first-order valence-electron chi connectivity index (χ1n) is 8.54. The number of hydrogen-bond acceptors (Lipinski definition) is 4. The van der Waals surface area contributed by atoms with E-state index in [9.17, 15) is 13.6 Å². The zero-order valence-electron chi connectivity index (χ0n) is 14.4. The van der Waals surface area contributed by atoms with E-state index in [0.29, 0.717) is 17.9 Å². The molecular weight excluding hydrogens is 352 g/mol. The highest BCUT2D eigenvalue weighted by Gasteiger charge is 2.49. The smallest absolute Gasteiger partial charge is 0.267 e. The van der Waals surface area contributed by atoms with Crippen molar-refractivity contribution in [1.82, 2.24) is 24.6 Å². The number of rotatable bonds is 4. The minimum absolute atomic E-state index is 0.321. The second-order valence-corrected chi connectivity index (χ2v) is 6.55. The quantitative estimate of drug-likeness (QED) is 0.709. The summed E-state index contributed by atoms with van der Waals surface area (Å²) in [5.41, 5.74) is 1.32. The summed E-state index contributed by atoms with van der Waals surface area (Å²) in [4.78, 5) is 17.9. The first-order chi connectivity index (χ1) is 13.0. The van der Waals surface area contributed by atoms with Crippen LogP contribution in [0, 0.1) is 0 Å². The number of hydrogen-bond donors (Lipinski definition) is 0. The highest BCUT2D eigenvalue weighted by atomic mass is 19.3. The number of pyridine rings is 1. The lowest BCUT2D eigenvalue weighted by atomic mass is 10.1. The maximum atomic E-state index is 14.2. The van der Waals surface area contributed by atoms with Crippen molar-refractivity contribution in [2.45, 2.75) is 24.9 Å². The number of aromatic nitrogens is 4. The Morgan fingerprint density at radius 2 is 1.89 bits per heavy atom. The van der Waals surface area contributed by atoms with E-state index in [4.69, 9.17) is 0 Å². The van der Waals surface area contributed by atoms with Crippen LogP contribution in [0.2, 0.25) is 0 Å². The third kappa shape index (κ3) is 3.55. The predicted octanol–water partition coefficient (Wildman–Crippen LogP) is 2.94. The zero-order valence-corrected chi connectivity index (χ0v) is 14.4. The minimum Gasteiger partial charge on any atom is -0.322 e. The van der Waals surface area contributed by atoms with E-state index in [2.05, 4.69) is 15.2 Å². The van der Waals surface area contributed by atoms with E-state index in [-0.39, 0.29) is 0 Å². The highest BCUT2D eigenvalue weighted by Crippen LogP contribution is 2.41. The number of amides is 1. The van der Waals surface area contributed by atoms with Crippen LogP contribution in [0.3, 0.4) is 0 Å². The summed E-state index contributed by atoms with van der Waals surface area (Å²) >= 11 is 0. The summed E-state index contributed by atoms with van der Waals surface area (Å²) in [5.74, 6) is -3.08. The molecule has 1 aliphatic rings. The van der Waals surface area contributed by atoms with Crippen molar-refractivity contribution in [3.05, 3.63) is 78.1 Å². The predicted molar refractivity (Wildman–Crippen MR) is 93.1 cm³/mol. The molecule has 0 saturated carbocycles. The summed E-state index contributed by atoms with van der Waals surface area (Å²) in [5, 5.41) is 7.96. The van der Waals surface area contributed by atoms with E-state index in [1.165, 1.54) is 35.8 Å². The Bertz CT molecular complexity index is 930. The minimum atomic E-state index is -2.98. The molecule has 0 radical (unpaired) electrons. The maximum Gasteiger partial charge on any atom is 0.267 e. The topological polar surface area (TPSA) is 63.9 Å². The summed E-state index contributed by atoms with van der Waals surface area (Å²) in [6.45, 7) is -0.195. The van der Waals surface area contributed by atoms with Crippen molar-refractivity contribution in [2.24, 2.45) is 0 Å². The molecule has 1 fully saturated rings. The Kier molecular flexibility index (Phi) is 4.39. The summed E-state index contributed by atoms with van der Waals surface area (Å²) in [7, 11) is 0. The van der Waals surface area contributed by atoms with Gasteiger partial charge >= 0.3 is 0 Å². The van der Waals surface area contributed by atoms with Crippen molar-refractivity contribution in [1.29, 1.82) is 0 Å². The SMILES string of the molecule is O=C(c1ccncc1)N1CC(F)(F)CC1c1nncn1Cc1ccccc1. The maximum absolute atomic E-state index is 14.2. The van der Waals surface area contributed by atoms with Crippen LogP contribution in [-0.2, 0) is 6.54 Å². The van der Waals surface area contributed by atoms with Gasteiger partial charge in [-0.15, -0.1) is 10.2 Å². The number of alkyl halides is 2. The number of benzene rings is 1. The first kappa shape index (κ1) is 17.3. The Labute approximate surface area is 154 Å². The van der Waals surface area contributed by atoms with E-state index in [1.54, 1.807) is 4.57 Å². The molecule has 0 bridgehead atoms. The molecular formula is C19H17F2N5O. The molecule has 0 aliphatic carbocycles. The molecule has 8 heteroatoms. The number of carbonyl (C=O) groups is 1. The normalized spacial score (nSPS) is 18.6. The van der Waals surface area contributed by atoms with E-state index in [1.807, 2.05) is 30.3 Å². The van der Waals surface area contributed by atoms with Gasteiger partial charge in [0, 0.05) is 24.4 Å². The van der Waals surface area contributed by atoms with Crippen LogP contribution in [-0.4, -0.2) is 43.0 Å². The molecule has 1 amide bonds. The monoisotopic (exact) mass is 369 g/mol. The standard InChI is InChI=1S/C19H17F2N5O/c20-19(21)10-16(26(12-19)18(27)15-6-8-22-9-7-15)17-24-23-13-25(17)11-14-4-2-1-3-5-14/h1-9,13,16H,10-12H2. The Balaban J connectivity index is 1.65. The molecule has 3 heterocycles. The van der Waals surface area contributed by atoms with Crippen molar-refractivity contribution in [3.63, 3.8) is 0 Å². The van der Waals surface area contributed by atoms with Gasteiger partial charge in [0.2, 0.25) is 0 Å². The van der Waals surface area contributed by atoms with Gasteiger partial charge in [-0.3, -0.25) is 9.78 Å². The molecule has 2 aromatic heterocycles. The number of nitrogens with zero attached hydrogens (tertiary/aromatic N) is 5. The molecule has 0 spiro atoms. The van der Waals surface area contributed by atoms with Crippen molar-refractivity contribution in [2.75, 3.05) is 6.54 Å². The fourth-order valence-corrected chi connectivity index (χ4v) is 3.35. The molecule has 1 aliphatic heterocycles. The average Bonchev–Trinajstić information content (AvgIpc) is 3.26. The average molecular weight is 369 g/mol. The Morgan fingerprint density at radius 1 is 1.15 bits per heavy atom.